The van der Waals surface area contributed by atoms with E-state index in [0.717, 1.165) is 11.1 Å². The van der Waals surface area contributed by atoms with Crippen LogP contribution < -0.4 is 5.32 Å². The third-order valence-corrected chi connectivity index (χ3v) is 5.51. The molecule has 0 bridgehead atoms. The number of ether oxygens (including phenoxy) is 1. The highest BCUT2D eigenvalue weighted by molar-refractivity contribution is 8.00. The Labute approximate surface area is 154 Å². The van der Waals surface area contributed by atoms with E-state index in [0.29, 0.717) is 12.4 Å². The van der Waals surface area contributed by atoms with Crippen LogP contribution in [0.3, 0.4) is 0 Å². The van der Waals surface area contributed by atoms with Crippen LogP contribution in [0.4, 0.5) is 4.79 Å². The normalized spacial score (nSPS) is 19.6. The van der Waals surface area contributed by atoms with E-state index in [4.69, 9.17) is 4.74 Å². The van der Waals surface area contributed by atoms with E-state index in [-0.39, 0.29) is 10.7 Å². The summed E-state index contributed by atoms with van der Waals surface area (Å²) in [5.41, 5.74) is 1.62. The molecule has 1 aliphatic rings. The molecule has 1 atom stereocenters. The number of nitrogens with one attached hydrogen (secondary N) is 1. The van der Waals surface area contributed by atoms with Crippen molar-refractivity contribution in [1.82, 2.24) is 10.2 Å². The molecule has 1 saturated heterocycles. The summed E-state index contributed by atoms with van der Waals surface area (Å²) in [5.74, 6) is 0.300. The molecule has 1 fully saturated rings. The van der Waals surface area contributed by atoms with Crippen LogP contribution in [0.1, 0.15) is 45.7 Å². The molecule has 0 radical (unpaired) electrons. The van der Waals surface area contributed by atoms with Gasteiger partial charge in [0.25, 0.3) is 0 Å². The van der Waals surface area contributed by atoms with Gasteiger partial charge in [-0.25, -0.2) is 4.79 Å². The third-order valence-electron chi connectivity index (χ3n) is 4.14. The summed E-state index contributed by atoms with van der Waals surface area (Å²) >= 11 is 1.59. The van der Waals surface area contributed by atoms with Crippen molar-refractivity contribution in [3.63, 3.8) is 0 Å². The molecule has 5 nitrogen and oxygen atoms in total. The Morgan fingerprint density at radius 2 is 1.96 bits per heavy atom. The Kier molecular flexibility index (Phi) is 5.72. The monoisotopic (exact) mass is 364 g/mol. The minimum Gasteiger partial charge on any atom is -0.444 e. The Bertz CT molecular complexity index is 652. The van der Waals surface area contributed by atoms with E-state index in [2.05, 4.69) is 5.32 Å². The molecule has 1 aromatic carbocycles. The number of benzene rings is 1. The summed E-state index contributed by atoms with van der Waals surface area (Å²) in [4.78, 5) is 26.9. The van der Waals surface area contributed by atoms with Gasteiger partial charge in [0.15, 0.2) is 0 Å². The number of thioether (sulfide) groups is 1. The first-order chi connectivity index (χ1) is 11.5. The van der Waals surface area contributed by atoms with Gasteiger partial charge >= 0.3 is 6.09 Å². The molecule has 0 spiro atoms. The number of rotatable bonds is 3. The van der Waals surface area contributed by atoms with Crippen LogP contribution in [0.5, 0.6) is 0 Å². The minimum atomic E-state index is -0.587. The van der Waals surface area contributed by atoms with Crippen LogP contribution in [-0.4, -0.2) is 39.2 Å². The first kappa shape index (κ1) is 19.6. The standard InChI is InChI=1S/C19H28N2O3S/c1-13-9-7-8-10-14(13)11-20-16(22)15-19(5,6)25-12-21(15)17(23)24-18(2,3)4/h7-10,15H,11-12H2,1-6H3,(H,20,22)/t15-/m1/s1. The Morgan fingerprint density at radius 3 is 2.56 bits per heavy atom. The second-order valence-electron chi connectivity index (χ2n) is 7.87. The fourth-order valence-corrected chi connectivity index (χ4v) is 3.91. The van der Waals surface area contributed by atoms with Gasteiger partial charge in [-0.2, -0.15) is 0 Å². The van der Waals surface area contributed by atoms with Crippen LogP contribution in [0.2, 0.25) is 0 Å². The molecule has 1 N–H and O–H groups in total. The number of hydrogen-bond donors (Lipinski definition) is 1. The molecular weight excluding hydrogens is 336 g/mol. The van der Waals surface area contributed by atoms with Gasteiger partial charge in [-0.3, -0.25) is 9.69 Å². The molecule has 0 aliphatic carbocycles. The predicted octanol–water partition coefficient (Wildman–Crippen LogP) is 3.70. The lowest BCUT2D eigenvalue weighted by Crippen LogP contribution is -2.54. The molecule has 25 heavy (non-hydrogen) atoms. The van der Waals surface area contributed by atoms with Gasteiger partial charge in [0.1, 0.15) is 11.6 Å². The summed E-state index contributed by atoms with van der Waals surface area (Å²) in [6, 6.07) is 7.38. The van der Waals surface area contributed by atoms with Crippen molar-refractivity contribution in [1.29, 1.82) is 0 Å². The number of nitrogens with zero attached hydrogens (tertiary/aromatic N) is 1. The lowest BCUT2D eigenvalue weighted by Gasteiger charge is -2.31. The van der Waals surface area contributed by atoms with Gasteiger partial charge in [0.05, 0.1) is 5.88 Å². The van der Waals surface area contributed by atoms with Crippen LogP contribution in [0.15, 0.2) is 24.3 Å². The second-order valence-corrected chi connectivity index (χ2v) is 9.47. The Morgan fingerprint density at radius 1 is 1.32 bits per heavy atom. The summed E-state index contributed by atoms with van der Waals surface area (Å²) in [6.45, 7) is 11.9. The largest absolute Gasteiger partial charge is 0.444 e. The molecule has 1 heterocycles. The molecule has 138 valence electrons. The van der Waals surface area contributed by atoms with Crippen molar-refractivity contribution in [2.45, 2.75) is 64.5 Å². The maximum absolute atomic E-state index is 12.9. The predicted molar refractivity (Wildman–Crippen MR) is 101 cm³/mol. The van der Waals surface area contributed by atoms with Crippen molar-refractivity contribution >= 4 is 23.8 Å². The van der Waals surface area contributed by atoms with E-state index >= 15 is 0 Å². The summed E-state index contributed by atoms with van der Waals surface area (Å²) in [6.07, 6.45) is -0.443. The molecule has 1 aliphatic heterocycles. The van der Waals surface area contributed by atoms with E-state index in [9.17, 15) is 9.59 Å². The molecule has 2 rings (SSSR count). The molecule has 1 aromatic rings. The zero-order chi connectivity index (χ0) is 18.8. The average Bonchev–Trinajstić information content (AvgIpc) is 2.80. The van der Waals surface area contributed by atoms with Crippen LogP contribution in [-0.2, 0) is 16.1 Å². The average molecular weight is 365 g/mol. The number of amides is 2. The van der Waals surface area contributed by atoms with E-state index < -0.39 is 17.7 Å². The number of carbonyl (C=O) groups is 2. The van der Waals surface area contributed by atoms with Gasteiger partial charge < -0.3 is 10.1 Å². The van der Waals surface area contributed by atoms with E-state index in [1.807, 2.05) is 65.8 Å². The first-order valence-corrected chi connectivity index (χ1v) is 9.45. The first-order valence-electron chi connectivity index (χ1n) is 8.47. The SMILES string of the molecule is Cc1ccccc1CNC(=O)[C@H]1N(C(=O)OC(C)(C)C)CSC1(C)C. The van der Waals surface area contributed by atoms with Gasteiger partial charge in [0, 0.05) is 11.3 Å². The number of carbonyl (C=O) groups excluding carboxylic acids is 2. The number of hydrogen-bond acceptors (Lipinski definition) is 4. The van der Waals surface area contributed by atoms with Gasteiger partial charge in [0.2, 0.25) is 5.91 Å². The maximum Gasteiger partial charge on any atom is 0.411 e. The fourth-order valence-electron chi connectivity index (χ4n) is 2.79. The minimum absolute atomic E-state index is 0.149. The molecule has 0 unspecified atom stereocenters. The van der Waals surface area contributed by atoms with Gasteiger partial charge in [-0.15, -0.1) is 11.8 Å². The van der Waals surface area contributed by atoms with E-state index in [1.165, 1.54) is 4.90 Å². The highest BCUT2D eigenvalue weighted by Gasteiger charge is 2.49. The van der Waals surface area contributed by atoms with Crippen molar-refractivity contribution in [2.24, 2.45) is 0 Å². The Hall–Kier alpha value is -1.69. The zero-order valence-corrected chi connectivity index (χ0v) is 16.7. The lowest BCUT2D eigenvalue weighted by molar-refractivity contribution is -0.126. The van der Waals surface area contributed by atoms with Crippen molar-refractivity contribution < 1.29 is 14.3 Å². The third kappa shape index (κ3) is 4.91. The summed E-state index contributed by atoms with van der Waals surface area (Å²) in [5, 5.41) is 2.98. The fraction of sp³-hybridized carbons (Fsp3) is 0.579. The molecule has 6 heteroatoms. The highest BCUT2D eigenvalue weighted by atomic mass is 32.2. The van der Waals surface area contributed by atoms with Gasteiger partial charge in [-0.05, 0) is 52.7 Å². The number of aryl methyl sites for hydroxylation is 1. The van der Waals surface area contributed by atoms with Gasteiger partial charge in [-0.1, -0.05) is 24.3 Å². The van der Waals surface area contributed by atoms with Crippen molar-refractivity contribution in [2.75, 3.05) is 5.88 Å². The smallest absolute Gasteiger partial charge is 0.411 e. The maximum atomic E-state index is 12.9. The zero-order valence-electron chi connectivity index (χ0n) is 15.9. The Balaban J connectivity index is 2.10. The van der Waals surface area contributed by atoms with Crippen LogP contribution in [0, 0.1) is 6.92 Å². The molecular formula is C19H28N2O3S. The summed E-state index contributed by atoms with van der Waals surface area (Å²) in [7, 11) is 0. The van der Waals surface area contributed by atoms with Crippen molar-refractivity contribution in [3.8, 4) is 0 Å². The molecule has 0 aromatic heterocycles. The lowest BCUT2D eigenvalue weighted by atomic mass is 10.0. The van der Waals surface area contributed by atoms with Crippen molar-refractivity contribution in [3.05, 3.63) is 35.4 Å². The van der Waals surface area contributed by atoms with Crippen LogP contribution >= 0.6 is 11.8 Å². The second kappa shape index (κ2) is 7.28. The topological polar surface area (TPSA) is 58.6 Å². The van der Waals surface area contributed by atoms with Crippen LogP contribution in [0.25, 0.3) is 0 Å². The highest BCUT2D eigenvalue weighted by Crippen LogP contribution is 2.40. The summed E-state index contributed by atoms with van der Waals surface area (Å²) < 4.78 is 5.10. The van der Waals surface area contributed by atoms with E-state index in [1.54, 1.807) is 11.8 Å². The molecule has 0 saturated carbocycles. The molecule has 2 amide bonds. The quantitative estimate of drug-likeness (QED) is 0.888.